The molecule has 0 saturated heterocycles. The van der Waals surface area contributed by atoms with Crippen LogP contribution in [0, 0.1) is 0 Å². The molecule has 0 spiro atoms. The van der Waals surface area contributed by atoms with Gasteiger partial charge in [-0.15, -0.1) is 0 Å². The van der Waals surface area contributed by atoms with Crippen molar-refractivity contribution in [1.29, 1.82) is 0 Å². The average molecular weight is 229 g/mol. The second kappa shape index (κ2) is 5.23. The second-order valence-electron chi connectivity index (χ2n) is 4.66. The predicted octanol–water partition coefficient (Wildman–Crippen LogP) is 3.07. The van der Waals surface area contributed by atoms with Gasteiger partial charge in [-0.2, -0.15) is 0 Å². The Morgan fingerprint density at radius 3 is 2.38 bits per heavy atom. The third-order valence-corrected chi connectivity index (χ3v) is 2.12. The molecule has 0 atom stereocenters. The van der Waals surface area contributed by atoms with Crippen molar-refractivity contribution in [3.63, 3.8) is 0 Å². The Morgan fingerprint density at radius 2 is 1.88 bits per heavy atom. The minimum Gasteiger partial charge on any atom is -0.469 e. The maximum absolute atomic E-state index is 12.3. The fourth-order valence-electron chi connectivity index (χ4n) is 1.17. The molecule has 1 aromatic rings. The summed E-state index contributed by atoms with van der Waals surface area (Å²) in [4.78, 5) is 4.22. The molecule has 0 aliphatic rings. The molecule has 1 aromatic heterocycles. The van der Waals surface area contributed by atoms with E-state index in [2.05, 4.69) is 4.98 Å². The number of nitrogens with zero attached hydrogens (tertiary/aromatic N) is 1. The van der Waals surface area contributed by atoms with Gasteiger partial charge in [-0.25, -0.2) is 13.8 Å². The van der Waals surface area contributed by atoms with Gasteiger partial charge < -0.3 is 4.74 Å². The van der Waals surface area contributed by atoms with Crippen molar-refractivity contribution in [3.05, 3.63) is 23.9 Å². The molecule has 16 heavy (non-hydrogen) atoms. The number of pyridine rings is 1. The first-order valence-electron chi connectivity index (χ1n) is 5.23. The van der Waals surface area contributed by atoms with Gasteiger partial charge in [0.05, 0.1) is 0 Å². The largest absolute Gasteiger partial charge is 0.469 e. The summed E-state index contributed by atoms with van der Waals surface area (Å²) in [6, 6.07) is 5.25. The van der Waals surface area contributed by atoms with Gasteiger partial charge in [-0.1, -0.05) is 26.8 Å². The highest BCUT2D eigenvalue weighted by atomic mass is 19.1. The molecule has 4 heteroatoms. The number of halogens is 2. The molecule has 0 bridgehead atoms. The zero-order chi connectivity index (χ0) is 12.2. The van der Waals surface area contributed by atoms with Gasteiger partial charge in [-0.3, -0.25) is 0 Å². The molecule has 1 heterocycles. The van der Waals surface area contributed by atoms with Crippen LogP contribution in [0.2, 0.25) is 0 Å². The van der Waals surface area contributed by atoms with E-state index in [4.69, 9.17) is 4.74 Å². The molecular weight excluding hydrogens is 212 g/mol. The van der Waals surface area contributed by atoms with Crippen molar-refractivity contribution in [2.75, 3.05) is 13.3 Å². The zero-order valence-corrected chi connectivity index (χ0v) is 9.84. The van der Waals surface area contributed by atoms with Crippen LogP contribution in [0.15, 0.2) is 18.2 Å². The lowest BCUT2D eigenvalue weighted by molar-refractivity contribution is 0.128. The summed E-state index contributed by atoms with van der Waals surface area (Å²) >= 11 is 0. The van der Waals surface area contributed by atoms with Gasteiger partial charge in [0.2, 0.25) is 5.88 Å². The molecule has 0 aliphatic carbocycles. The Hall–Kier alpha value is -1.19. The van der Waals surface area contributed by atoms with Crippen molar-refractivity contribution < 1.29 is 13.5 Å². The number of ether oxygens (including phenoxy) is 1. The van der Waals surface area contributed by atoms with Crippen LogP contribution in [0.1, 0.15) is 26.5 Å². The van der Waals surface area contributed by atoms with E-state index in [0.29, 0.717) is 0 Å². The fourth-order valence-corrected chi connectivity index (χ4v) is 1.17. The van der Waals surface area contributed by atoms with Crippen molar-refractivity contribution in [2.45, 2.75) is 32.3 Å². The average Bonchev–Trinajstić information content (AvgIpc) is 2.25. The Balaban J connectivity index is 2.82. The van der Waals surface area contributed by atoms with Crippen molar-refractivity contribution in [3.8, 4) is 5.88 Å². The van der Waals surface area contributed by atoms with E-state index in [9.17, 15) is 8.78 Å². The van der Waals surface area contributed by atoms with Crippen LogP contribution in [0.5, 0.6) is 5.88 Å². The van der Waals surface area contributed by atoms with Gasteiger partial charge in [0.25, 0.3) is 0 Å². The van der Waals surface area contributed by atoms with Gasteiger partial charge in [-0.05, 0) is 6.07 Å². The van der Waals surface area contributed by atoms with Crippen LogP contribution < -0.4 is 4.74 Å². The summed E-state index contributed by atoms with van der Waals surface area (Å²) in [7, 11) is 0. The maximum atomic E-state index is 12.3. The molecule has 0 radical (unpaired) electrons. The summed E-state index contributed by atoms with van der Waals surface area (Å²) in [6.07, 6.45) is -1.05. The van der Waals surface area contributed by atoms with Crippen LogP contribution in [0.25, 0.3) is 0 Å². The quantitative estimate of drug-likeness (QED) is 0.791. The summed E-state index contributed by atoms with van der Waals surface area (Å²) in [5, 5.41) is 0. The number of rotatable bonds is 4. The molecule has 0 unspecified atom stereocenters. The number of hydrogen-bond acceptors (Lipinski definition) is 2. The minimum atomic E-state index is -1.05. The predicted molar refractivity (Wildman–Crippen MR) is 59.3 cm³/mol. The van der Waals surface area contributed by atoms with E-state index in [1.807, 2.05) is 26.8 Å². The molecule has 0 aromatic carbocycles. The Morgan fingerprint density at radius 1 is 1.25 bits per heavy atom. The van der Waals surface area contributed by atoms with E-state index >= 15 is 0 Å². The normalized spacial score (nSPS) is 11.9. The van der Waals surface area contributed by atoms with E-state index in [1.54, 1.807) is 12.1 Å². The lowest BCUT2D eigenvalue weighted by Gasteiger charge is -2.19. The third kappa shape index (κ3) is 3.43. The monoisotopic (exact) mass is 229 g/mol. The van der Waals surface area contributed by atoms with Gasteiger partial charge >= 0.3 is 0 Å². The second-order valence-corrected chi connectivity index (χ2v) is 4.66. The Bertz CT molecular complexity index is 332. The molecular formula is C12H17F2NO. The smallest absolute Gasteiger partial charge is 0.213 e. The van der Waals surface area contributed by atoms with Crippen LogP contribution in [0.3, 0.4) is 0 Å². The van der Waals surface area contributed by atoms with E-state index in [1.165, 1.54) is 0 Å². The topological polar surface area (TPSA) is 22.1 Å². The van der Waals surface area contributed by atoms with Gasteiger partial charge in [0, 0.05) is 17.2 Å². The lowest BCUT2D eigenvalue weighted by atomic mass is 9.92. The van der Waals surface area contributed by atoms with Crippen LogP contribution in [0.4, 0.5) is 8.78 Å². The van der Waals surface area contributed by atoms with Crippen LogP contribution in [-0.4, -0.2) is 24.4 Å². The molecule has 0 amide bonds. The van der Waals surface area contributed by atoms with Crippen molar-refractivity contribution >= 4 is 0 Å². The fraction of sp³-hybridized carbons (Fsp3) is 0.583. The first-order chi connectivity index (χ1) is 7.47. The molecule has 0 saturated carbocycles. The van der Waals surface area contributed by atoms with Crippen molar-refractivity contribution in [1.82, 2.24) is 4.98 Å². The summed E-state index contributed by atoms with van der Waals surface area (Å²) in [6.45, 7) is 4.35. The zero-order valence-electron chi connectivity index (χ0n) is 9.84. The maximum Gasteiger partial charge on any atom is 0.213 e. The highest BCUT2D eigenvalue weighted by Crippen LogP contribution is 2.22. The van der Waals surface area contributed by atoms with Gasteiger partial charge in [0.15, 0.2) is 6.10 Å². The number of aromatic nitrogens is 1. The Labute approximate surface area is 94.7 Å². The molecule has 1 rings (SSSR count). The first-order valence-corrected chi connectivity index (χ1v) is 5.23. The number of alkyl halides is 2. The molecule has 0 aliphatic heterocycles. The minimum absolute atomic E-state index is 0.111. The summed E-state index contributed by atoms with van der Waals surface area (Å²) in [5.41, 5.74) is 0.724. The SMILES string of the molecule is CC(C)(C)c1cccc(OC(CF)CF)n1. The number of hydrogen-bond donors (Lipinski definition) is 0. The van der Waals surface area contributed by atoms with Gasteiger partial charge in [0.1, 0.15) is 13.3 Å². The van der Waals surface area contributed by atoms with Crippen molar-refractivity contribution in [2.24, 2.45) is 0 Å². The molecule has 0 N–H and O–H groups in total. The molecule has 90 valence electrons. The van der Waals surface area contributed by atoms with E-state index < -0.39 is 19.5 Å². The first kappa shape index (κ1) is 12.9. The van der Waals surface area contributed by atoms with E-state index in [0.717, 1.165) is 5.69 Å². The highest BCUT2D eigenvalue weighted by Gasteiger charge is 2.17. The highest BCUT2D eigenvalue weighted by molar-refractivity contribution is 5.20. The third-order valence-electron chi connectivity index (χ3n) is 2.12. The lowest BCUT2D eigenvalue weighted by Crippen LogP contribution is -2.22. The summed E-state index contributed by atoms with van der Waals surface area (Å²) in [5.74, 6) is 0.271. The standard InChI is InChI=1S/C12H17F2NO/c1-12(2,3)10-5-4-6-11(15-10)16-9(7-13)8-14/h4-6,9H,7-8H2,1-3H3. The molecule has 2 nitrogen and oxygen atoms in total. The molecule has 0 fully saturated rings. The van der Waals surface area contributed by atoms with Crippen LogP contribution in [-0.2, 0) is 5.41 Å². The Kier molecular flexibility index (Phi) is 4.21. The summed E-state index contributed by atoms with van der Waals surface area (Å²) < 4.78 is 29.7. The van der Waals surface area contributed by atoms with E-state index in [-0.39, 0.29) is 11.3 Å². The van der Waals surface area contributed by atoms with Crippen LogP contribution >= 0.6 is 0 Å².